The summed E-state index contributed by atoms with van der Waals surface area (Å²) in [7, 11) is -2.90. The molecular formula is C29H33ClFN3O5S. The highest BCUT2D eigenvalue weighted by Crippen LogP contribution is 2.35. The number of carbonyl (C=O) groups is 2. The van der Waals surface area contributed by atoms with Crippen molar-refractivity contribution in [3.63, 3.8) is 0 Å². The molecule has 11 heteroatoms. The van der Waals surface area contributed by atoms with Crippen LogP contribution in [-0.2, 0) is 26.2 Å². The van der Waals surface area contributed by atoms with Gasteiger partial charge in [0.2, 0.25) is 11.8 Å². The van der Waals surface area contributed by atoms with Gasteiger partial charge in [-0.05, 0) is 68.3 Å². The van der Waals surface area contributed by atoms with Gasteiger partial charge in [0, 0.05) is 17.6 Å². The molecule has 40 heavy (non-hydrogen) atoms. The molecule has 0 fully saturated rings. The van der Waals surface area contributed by atoms with Gasteiger partial charge in [-0.2, -0.15) is 0 Å². The molecule has 0 spiro atoms. The Morgan fingerprint density at radius 1 is 1.02 bits per heavy atom. The summed E-state index contributed by atoms with van der Waals surface area (Å²) in [4.78, 5) is 28.5. The second-order valence-corrected chi connectivity index (χ2v) is 11.7. The zero-order valence-corrected chi connectivity index (χ0v) is 24.4. The summed E-state index contributed by atoms with van der Waals surface area (Å²) < 4.78 is 47.8. The fourth-order valence-corrected chi connectivity index (χ4v) is 5.78. The Morgan fingerprint density at radius 2 is 1.68 bits per heavy atom. The molecule has 0 aliphatic carbocycles. The van der Waals surface area contributed by atoms with E-state index in [4.69, 9.17) is 16.3 Å². The number of amides is 2. The van der Waals surface area contributed by atoms with Crippen molar-refractivity contribution in [3.05, 3.63) is 89.2 Å². The first-order chi connectivity index (χ1) is 19.0. The lowest BCUT2D eigenvalue weighted by atomic mass is 10.1. The van der Waals surface area contributed by atoms with E-state index in [-0.39, 0.29) is 46.3 Å². The maximum Gasteiger partial charge on any atom is 0.264 e. The van der Waals surface area contributed by atoms with Crippen molar-refractivity contribution in [3.8, 4) is 5.75 Å². The lowest BCUT2D eigenvalue weighted by Crippen LogP contribution is -2.53. The van der Waals surface area contributed by atoms with Gasteiger partial charge in [-0.3, -0.25) is 13.9 Å². The van der Waals surface area contributed by atoms with Gasteiger partial charge >= 0.3 is 0 Å². The van der Waals surface area contributed by atoms with Gasteiger partial charge in [0.15, 0.2) is 0 Å². The zero-order chi connectivity index (χ0) is 29.4. The van der Waals surface area contributed by atoms with E-state index < -0.39 is 34.3 Å². The van der Waals surface area contributed by atoms with E-state index in [2.05, 4.69) is 5.32 Å². The van der Waals surface area contributed by atoms with Crippen LogP contribution in [0.25, 0.3) is 0 Å². The van der Waals surface area contributed by atoms with Gasteiger partial charge in [0.05, 0.1) is 17.7 Å². The Labute approximate surface area is 239 Å². The molecule has 0 aromatic heterocycles. The first kappa shape index (κ1) is 30.9. The molecule has 0 aliphatic heterocycles. The molecular weight excluding hydrogens is 557 g/mol. The average molecular weight is 590 g/mol. The third-order valence-corrected chi connectivity index (χ3v) is 8.11. The van der Waals surface area contributed by atoms with Crippen LogP contribution in [0, 0.1) is 5.82 Å². The predicted octanol–water partition coefficient (Wildman–Crippen LogP) is 5.02. The van der Waals surface area contributed by atoms with Crippen molar-refractivity contribution in [2.24, 2.45) is 0 Å². The number of ether oxygens (including phenoxy) is 1. The molecule has 0 radical (unpaired) electrons. The van der Waals surface area contributed by atoms with E-state index >= 15 is 0 Å². The second-order valence-electron chi connectivity index (χ2n) is 9.38. The number of benzene rings is 3. The second kappa shape index (κ2) is 13.6. The fraction of sp³-hybridized carbons (Fsp3) is 0.310. The normalized spacial score (nSPS) is 12.1. The molecule has 0 aliphatic rings. The van der Waals surface area contributed by atoms with Crippen LogP contribution < -0.4 is 14.4 Å². The van der Waals surface area contributed by atoms with Crippen molar-refractivity contribution in [2.75, 3.05) is 18.0 Å². The highest BCUT2D eigenvalue weighted by atomic mass is 35.5. The highest BCUT2D eigenvalue weighted by molar-refractivity contribution is 7.92. The summed E-state index contributed by atoms with van der Waals surface area (Å²) in [5.74, 6) is -1.28. The number of nitrogens with one attached hydrogen (secondary N) is 1. The first-order valence-electron chi connectivity index (χ1n) is 12.7. The minimum absolute atomic E-state index is 0.0421. The van der Waals surface area contributed by atoms with Gasteiger partial charge in [0.25, 0.3) is 10.0 Å². The summed E-state index contributed by atoms with van der Waals surface area (Å²) in [5.41, 5.74) is 0.636. The number of hydrogen-bond acceptors (Lipinski definition) is 5. The van der Waals surface area contributed by atoms with Crippen LogP contribution in [0.5, 0.6) is 5.75 Å². The zero-order valence-electron chi connectivity index (χ0n) is 22.8. The van der Waals surface area contributed by atoms with E-state index in [0.29, 0.717) is 5.56 Å². The smallest absolute Gasteiger partial charge is 0.264 e. The number of hydrogen-bond donors (Lipinski definition) is 1. The number of rotatable bonds is 12. The highest BCUT2D eigenvalue weighted by Gasteiger charge is 2.35. The molecule has 8 nitrogen and oxygen atoms in total. The maximum absolute atomic E-state index is 14.0. The number of anilines is 1. The van der Waals surface area contributed by atoms with Crippen LogP contribution >= 0.6 is 11.6 Å². The lowest BCUT2D eigenvalue weighted by molar-refractivity contribution is -0.140. The summed E-state index contributed by atoms with van der Waals surface area (Å²) in [6.07, 6.45) is 0.261. The fourth-order valence-electron chi connectivity index (χ4n) is 4.18. The van der Waals surface area contributed by atoms with E-state index in [0.717, 1.165) is 4.31 Å². The Balaban J connectivity index is 2.12. The van der Waals surface area contributed by atoms with Crippen LogP contribution in [0.15, 0.2) is 77.7 Å². The van der Waals surface area contributed by atoms with E-state index in [9.17, 15) is 22.4 Å². The van der Waals surface area contributed by atoms with Gasteiger partial charge < -0.3 is 15.0 Å². The molecule has 3 aromatic carbocycles. The van der Waals surface area contributed by atoms with E-state index in [1.165, 1.54) is 60.5 Å². The van der Waals surface area contributed by atoms with Crippen molar-refractivity contribution < 1.29 is 27.1 Å². The van der Waals surface area contributed by atoms with Gasteiger partial charge in [0.1, 0.15) is 24.2 Å². The van der Waals surface area contributed by atoms with Crippen LogP contribution in [0.3, 0.4) is 0 Å². The van der Waals surface area contributed by atoms with Crippen molar-refractivity contribution in [2.45, 2.75) is 50.7 Å². The minimum Gasteiger partial charge on any atom is -0.495 e. The summed E-state index contributed by atoms with van der Waals surface area (Å²) in [5, 5.41) is 3.07. The molecule has 3 aromatic rings. The molecule has 214 valence electrons. The van der Waals surface area contributed by atoms with E-state index in [1.54, 1.807) is 45.0 Å². The Kier molecular flexibility index (Phi) is 10.5. The Morgan fingerprint density at radius 3 is 2.25 bits per heavy atom. The molecule has 0 bridgehead atoms. The average Bonchev–Trinajstić information content (AvgIpc) is 2.92. The summed E-state index contributed by atoms with van der Waals surface area (Å²) in [6, 6.07) is 16.6. The van der Waals surface area contributed by atoms with Crippen molar-refractivity contribution in [1.82, 2.24) is 10.2 Å². The number of methoxy groups -OCH3 is 1. The van der Waals surface area contributed by atoms with E-state index in [1.807, 2.05) is 0 Å². The first-order valence-corrected chi connectivity index (χ1v) is 14.5. The van der Waals surface area contributed by atoms with Crippen LogP contribution in [0.1, 0.15) is 32.8 Å². The maximum atomic E-state index is 14.0. The number of nitrogens with zero attached hydrogens (tertiary/aromatic N) is 2. The SMILES string of the molecule is CCC(C(=O)NC(C)C)N(Cc1ccc(F)cc1)C(=O)CN(c1cc(Cl)ccc1OC)S(=O)(=O)c1ccccc1. The van der Waals surface area contributed by atoms with Gasteiger partial charge in [-0.1, -0.05) is 48.9 Å². The number of carbonyl (C=O) groups excluding carboxylic acids is 2. The monoisotopic (exact) mass is 589 g/mol. The number of sulfonamides is 1. The Hall–Kier alpha value is -3.63. The molecule has 0 saturated heterocycles. The molecule has 1 atom stereocenters. The topological polar surface area (TPSA) is 96.0 Å². The lowest BCUT2D eigenvalue weighted by Gasteiger charge is -2.34. The molecule has 0 heterocycles. The quantitative estimate of drug-likeness (QED) is 0.320. The molecule has 0 saturated carbocycles. The van der Waals surface area contributed by atoms with Crippen LogP contribution in [-0.4, -0.2) is 50.9 Å². The van der Waals surface area contributed by atoms with Crippen molar-refractivity contribution in [1.29, 1.82) is 0 Å². The standard InChI is InChI=1S/C29H33ClFN3O5S/c1-5-25(29(36)32-20(2)3)33(18-21-11-14-23(31)15-12-21)28(35)19-34(26-17-22(30)13-16-27(26)39-4)40(37,38)24-9-7-6-8-10-24/h6-17,20,25H,5,18-19H2,1-4H3,(H,32,36). The van der Waals surface area contributed by atoms with Crippen molar-refractivity contribution >= 4 is 39.1 Å². The van der Waals surface area contributed by atoms with Gasteiger partial charge in [-0.25, -0.2) is 12.8 Å². The predicted molar refractivity (Wildman–Crippen MR) is 153 cm³/mol. The minimum atomic E-state index is -4.29. The number of halogens is 2. The summed E-state index contributed by atoms with van der Waals surface area (Å²) >= 11 is 6.24. The van der Waals surface area contributed by atoms with Gasteiger partial charge in [-0.15, -0.1) is 0 Å². The van der Waals surface area contributed by atoms with Crippen LogP contribution in [0.4, 0.5) is 10.1 Å². The molecule has 1 unspecified atom stereocenters. The third kappa shape index (κ3) is 7.51. The molecule has 1 N–H and O–H groups in total. The Bertz CT molecular complexity index is 1420. The molecule has 2 amide bonds. The summed E-state index contributed by atoms with van der Waals surface area (Å²) in [6.45, 7) is 4.66. The molecule has 3 rings (SSSR count). The van der Waals surface area contributed by atoms with Crippen LogP contribution in [0.2, 0.25) is 5.02 Å². The largest absolute Gasteiger partial charge is 0.495 e. The third-order valence-electron chi connectivity index (χ3n) is 6.10.